The highest BCUT2D eigenvalue weighted by atomic mass is 32.2. The first-order valence-electron chi connectivity index (χ1n) is 11.4. The van der Waals surface area contributed by atoms with Crippen LogP contribution in [0.4, 0.5) is 0 Å². The van der Waals surface area contributed by atoms with Gasteiger partial charge in [0, 0.05) is 44.8 Å². The van der Waals surface area contributed by atoms with Gasteiger partial charge in [0.1, 0.15) is 12.4 Å². The van der Waals surface area contributed by atoms with Gasteiger partial charge in [0.15, 0.2) is 11.0 Å². The summed E-state index contributed by atoms with van der Waals surface area (Å²) in [5.74, 6) is 2.28. The summed E-state index contributed by atoms with van der Waals surface area (Å²) in [5, 5.41) is 9.55. The molecule has 0 bridgehead atoms. The standard InChI is InChI=1S/C25H31N5O2S/c1-3-30-24(21-9-7-8-20(2)18-21)26-27-25(30)33-19-23(31)29-14-12-28(13-15-29)16-17-32-22-10-5-4-6-11-22/h4-11,18H,3,12-17,19H2,1-2H3. The molecule has 0 saturated carbocycles. The number of aryl methyl sites for hydroxylation is 1. The maximum atomic E-state index is 12.8. The fourth-order valence-electron chi connectivity index (χ4n) is 3.93. The van der Waals surface area contributed by atoms with E-state index in [9.17, 15) is 4.79 Å². The van der Waals surface area contributed by atoms with Crippen LogP contribution in [-0.2, 0) is 11.3 Å². The van der Waals surface area contributed by atoms with Gasteiger partial charge in [-0.15, -0.1) is 10.2 Å². The molecule has 0 atom stereocenters. The minimum atomic E-state index is 0.156. The van der Waals surface area contributed by atoms with E-state index in [1.54, 1.807) is 0 Å². The van der Waals surface area contributed by atoms with Gasteiger partial charge in [-0.3, -0.25) is 9.69 Å². The lowest BCUT2D eigenvalue weighted by molar-refractivity contribution is -0.130. The van der Waals surface area contributed by atoms with Gasteiger partial charge in [-0.05, 0) is 32.0 Å². The number of thioether (sulfide) groups is 1. The highest BCUT2D eigenvalue weighted by molar-refractivity contribution is 7.99. The molecule has 0 unspecified atom stereocenters. The van der Waals surface area contributed by atoms with Crippen molar-refractivity contribution in [2.45, 2.75) is 25.5 Å². The van der Waals surface area contributed by atoms with Crippen molar-refractivity contribution >= 4 is 17.7 Å². The van der Waals surface area contributed by atoms with E-state index in [1.807, 2.05) is 47.4 Å². The largest absolute Gasteiger partial charge is 0.492 e. The molecule has 1 saturated heterocycles. The van der Waals surface area contributed by atoms with Crippen LogP contribution >= 0.6 is 11.8 Å². The Morgan fingerprint density at radius 1 is 1.03 bits per heavy atom. The maximum absolute atomic E-state index is 12.8. The van der Waals surface area contributed by atoms with Crippen LogP contribution in [0.1, 0.15) is 12.5 Å². The molecule has 3 aromatic rings. The third kappa shape index (κ3) is 6.15. The number of aromatic nitrogens is 3. The van der Waals surface area contributed by atoms with Gasteiger partial charge in [-0.25, -0.2) is 0 Å². The predicted octanol–water partition coefficient (Wildman–Crippen LogP) is 3.59. The molecule has 1 aliphatic heterocycles. The van der Waals surface area contributed by atoms with Gasteiger partial charge in [0.25, 0.3) is 0 Å². The molecular formula is C25H31N5O2S. The quantitative estimate of drug-likeness (QED) is 0.450. The minimum absolute atomic E-state index is 0.156. The van der Waals surface area contributed by atoms with Crippen molar-refractivity contribution in [1.82, 2.24) is 24.6 Å². The number of nitrogens with zero attached hydrogens (tertiary/aromatic N) is 5. The van der Waals surface area contributed by atoms with E-state index >= 15 is 0 Å². The summed E-state index contributed by atoms with van der Waals surface area (Å²) in [4.78, 5) is 17.1. The average molecular weight is 466 g/mol. The van der Waals surface area contributed by atoms with E-state index in [0.29, 0.717) is 12.4 Å². The van der Waals surface area contributed by atoms with E-state index in [1.165, 1.54) is 17.3 Å². The average Bonchev–Trinajstić information content (AvgIpc) is 3.26. The second kappa shape index (κ2) is 11.3. The van der Waals surface area contributed by atoms with Crippen LogP contribution in [0.15, 0.2) is 59.8 Å². The van der Waals surface area contributed by atoms with Crippen LogP contribution in [0.5, 0.6) is 5.75 Å². The molecular weight excluding hydrogens is 434 g/mol. The Morgan fingerprint density at radius 2 is 1.82 bits per heavy atom. The molecule has 1 aromatic heterocycles. The summed E-state index contributed by atoms with van der Waals surface area (Å²) in [7, 11) is 0. The van der Waals surface area contributed by atoms with Crippen molar-refractivity contribution < 1.29 is 9.53 Å². The van der Waals surface area contributed by atoms with Crippen molar-refractivity contribution in [1.29, 1.82) is 0 Å². The lowest BCUT2D eigenvalue weighted by Crippen LogP contribution is -2.50. The first kappa shape index (κ1) is 23.3. The molecule has 8 heteroatoms. The molecule has 4 rings (SSSR count). The molecule has 1 amide bonds. The highest BCUT2D eigenvalue weighted by Gasteiger charge is 2.22. The van der Waals surface area contributed by atoms with Gasteiger partial charge >= 0.3 is 0 Å². The zero-order chi connectivity index (χ0) is 23.0. The molecule has 33 heavy (non-hydrogen) atoms. The molecule has 0 N–H and O–H groups in total. The first-order chi connectivity index (χ1) is 16.1. The maximum Gasteiger partial charge on any atom is 0.233 e. The fourth-order valence-corrected chi connectivity index (χ4v) is 4.83. The number of hydrogen-bond acceptors (Lipinski definition) is 6. The SMILES string of the molecule is CCn1c(SCC(=O)N2CCN(CCOc3ccccc3)CC2)nnc1-c1cccc(C)c1. The highest BCUT2D eigenvalue weighted by Crippen LogP contribution is 2.25. The third-order valence-electron chi connectivity index (χ3n) is 5.78. The molecule has 2 aromatic carbocycles. The number of ether oxygens (including phenoxy) is 1. The monoisotopic (exact) mass is 465 g/mol. The van der Waals surface area contributed by atoms with Crippen molar-refractivity contribution in [3.8, 4) is 17.1 Å². The Labute approximate surface area is 199 Å². The fraction of sp³-hybridized carbons (Fsp3) is 0.400. The number of para-hydroxylation sites is 1. The molecule has 7 nitrogen and oxygen atoms in total. The summed E-state index contributed by atoms with van der Waals surface area (Å²) in [6, 6.07) is 18.1. The lowest BCUT2D eigenvalue weighted by atomic mass is 10.1. The van der Waals surface area contributed by atoms with E-state index in [4.69, 9.17) is 4.74 Å². The van der Waals surface area contributed by atoms with Crippen LogP contribution < -0.4 is 4.74 Å². The molecule has 174 valence electrons. The zero-order valence-corrected chi connectivity index (χ0v) is 20.1. The number of rotatable bonds is 9. The number of piperazine rings is 1. The second-order valence-electron chi connectivity index (χ2n) is 8.09. The lowest BCUT2D eigenvalue weighted by Gasteiger charge is -2.34. The number of amides is 1. The van der Waals surface area contributed by atoms with Gasteiger partial charge in [-0.2, -0.15) is 0 Å². The van der Waals surface area contributed by atoms with Gasteiger partial charge in [-0.1, -0.05) is 53.7 Å². The normalized spacial score (nSPS) is 14.4. The first-order valence-corrected chi connectivity index (χ1v) is 12.4. The van der Waals surface area contributed by atoms with Crippen molar-refractivity contribution in [2.75, 3.05) is 45.1 Å². The van der Waals surface area contributed by atoms with Crippen molar-refractivity contribution in [2.24, 2.45) is 0 Å². The topological polar surface area (TPSA) is 63.5 Å². The minimum Gasteiger partial charge on any atom is -0.492 e. The van der Waals surface area contributed by atoms with Crippen LogP contribution in [0.2, 0.25) is 0 Å². The van der Waals surface area contributed by atoms with E-state index < -0.39 is 0 Å². The van der Waals surface area contributed by atoms with Crippen LogP contribution in [-0.4, -0.2) is 75.6 Å². The second-order valence-corrected chi connectivity index (χ2v) is 9.04. The predicted molar refractivity (Wildman–Crippen MR) is 132 cm³/mol. The number of benzene rings is 2. The van der Waals surface area contributed by atoms with E-state index in [-0.39, 0.29) is 5.91 Å². The van der Waals surface area contributed by atoms with Crippen LogP contribution in [0, 0.1) is 6.92 Å². The Balaban J connectivity index is 1.24. The number of carbonyl (C=O) groups excluding carboxylic acids is 1. The summed E-state index contributed by atoms with van der Waals surface area (Å²) in [6.45, 7) is 9.68. The van der Waals surface area contributed by atoms with Crippen molar-refractivity contribution in [3.05, 3.63) is 60.2 Å². The number of hydrogen-bond donors (Lipinski definition) is 0. The van der Waals surface area contributed by atoms with Crippen LogP contribution in [0.3, 0.4) is 0 Å². The summed E-state index contributed by atoms with van der Waals surface area (Å²) in [6.07, 6.45) is 0. The summed E-state index contributed by atoms with van der Waals surface area (Å²) in [5.41, 5.74) is 2.24. The van der Waals surface area contributed by atoms with Gasteiger partial charge in [0.2, 0.25) is 5.91 Å². The molecule has 0 spiro atoms. The summed E-state index contributed by atoms with van der Waals surface area (Å²) < 4.78 is 7.87. The Bertz CT molecular complexity index is 1050. The van der Waals surface area contributed by atoms with E-state index in [0.717, 1.165) is 61.6 Å². The number of carbonyl (C=O) groups is 1. The van der Waals surface area contributed by atoms with Gasteiger partial charge < -0.3 is 14.2 Å². The molecule has 2 heterocycles. The van der Waals surface area contributed by atoms with Gasteiger partial charge in [0.05, 0.1) is 5.75 Å². The summed E-state index contributed by atoms with van der Waals surface area (Å²) >= 11 is 1.47. The van der Waals surface area contributed by atoms with Crippen LogP contribution in [0.25, 0.3) is 11.4 Å². The molecule has 0 aliphatic carbocycles. The molecule has 0 radical (unpaired) electrons. The zero-order valence-electron chi connectivity index (χ0n) is 19.3. The Hall–Kier alpha value is -2.84. The smallest absolute Gasteiger partial charge is 0.233 e. The Kier molecular flexibility index (Phi) is 8.01. The third-order valence-corrected chi connectivity index (χ3v) is 6.73. The Morgan fingerprint density at radius 3 is 2.55 bits per heavy atom. The molecule has 1 aliphatic rings. The van der Waals surface area contributed by atoms with Crippen molar-refractivity contribution in [3.63, 3.8) is 0 Å². The molecule has 1 fully saturated rings. The van der Waals surface area contributed by atoms with E-state index in [2.05, 4.69) is 45.6 Å².